The van der Waals surface area contributed by atoms with Crippen LogP contribution in [-0.4, -0.2) is 22.6 Å². The van der Waals surface area contributed by atoms with Crippen molar-refractivity contribution in [2.24, 2.45) is 0 Å². The Balaban J connectivity index is 3.02. The van der Waals surface area contributed by atoms with Crippen molar-refractivity contribution < 1.29 is 13.2 Å². The lowest BCUT2D eigenvalue weighted by Crippen LogP contribution is -2.21. The summed E-state index contributed by atoms with van der Waals surface area (Å²) in [6.07, 6.45) is -1.87. The molecular formula is C13H21F3N4. The van der Waals surface area contributed by atoms with Crippen molar-refractivity contribution in [2.45, 2.75) is 52.3 Å². The minimum Gasteiger partial charge on any atom is -0.370 e. The highest BCUT2D eigenvalue weighted by Crippen LogP contribution is 2.28. The van der Waals surface area contributed by atoms with E-state index in [0.29, 0.717) is 6.54 Å². The zero-order valence-corrected chi connectivity index (χ0v) is 12.0. The van der Waals surface area contributed by atoms with E-state index >= 15 is 0 Å². The monoisotopic (exact) mass is 290 g/mol. The number of nitrogens with one attached hydrogen (secondary N) is 2. The SMILES string of the molecule is CCCC(CC)Nc1cc(NCC)nc(C(F)(F)F)n1. The summed E-state index contributed by atoms with van der Waals surface area (Å²) < 4.78 is 38.3. The van der Waals surface area contributed by atoms with Crippen molar-refractivity contribution in [1.82, 2.24) is 9.97 Å². The van der Waals surface area contributed by atoms with Gasteiger partial charge in [-0.25, -0.2) is 9.97 Å². The molecule has 1 atom stereocenters. The minimum absolute atomic E-state index is 0.116. The zero-order chi connectivity index (χ0) is 15.2. The van der Waals surface area contributed by atoms with Gasteiger partial charge in [-0.2, -0.15) is 13.2 Å². The molecule has 4 nitrogen and oxygen atoms in total. The van der Waals surface area contributed by atoms with Gasteiger partial charge in [0.15, 0.2) is 0 Å². The van der Waals surface area contributed by atoms with E-state index < -0.39 is 12.0 Å². The number of anilines is 2. The molecule has 0 saturated carbocycles. The molecule has 1 heterocycles. The van der Waals surface area contributed by atoms with E-state index in [1.54, 1.807) is 6.92 Å². The van der Waals surface area contributed by atoms with Crippen LogP contribution >= 0.6 is 0 Å². The molecule has 0 saturated heterocycles. The van der Waals surface area contributed by atoms with Gasteiger partial charge < -0.3 is 10.6 Å². The molecule has 0 amide bonds. The molecular weight excluding hydrogens is 269 g/mol. The number of hydrogen-bond donors (Lipinski definition) is 2. The average molecular weight is 290 g/mol. The second-order valence-corrected chi connectivity index (χ2v) is 4.53. The van der Waals surface area contributed by atoms with Crippen LogP contribution in [0.2, 0.25) is 0 Å². The lowest BCUT2D eigenvalue weighted by Gasteiger charge is -2.18. The van der Waals surface area contributed by atoms with Crippen molar-refractivity contribution in [1.29, 1.82) is 0 Å². The molecule has 0 aliphatic rings. The van der Waals surface area contributed by atoms with Crippen molar-refractivity contribution in [3.8, 4) is 0 Å². The Hall–Kier alpha value is -1.53. The smallest absolute Gasteiger partial charge is 0.370 e. The molecule has 20 heavy (non-hydrogen) atoms. The molecule has 1 aromatic rings. The summed E-state index contributed by atoms with van der Waals surface area (Å²) in [6, 6.07) is 1.63. The van der Waals surface area contributed by atoms with Crippen LogP contribution < -0.4 is 10.6 Å². The first-order valence-corrected chi connectivity index (χ1v) is 6.87. The second kappa shape index (κ2) is 7.31. The Morgan fingerprint density at radius 2 is 1.80 bits per heavy atom. The molecule has 114 valence electrons. The van der Waals surface area contributed by atoms with E-state index in [-0.39, 0.29) is 17.7 Å². The number of aromatic nitrogens is 2. The third-order valence-corrected chi connectivity index (χ3v) is 2.82. The lowest BCUT2D eigenvalue weighted by molar-refractivity contribution is -0.144. The van der Waals surface area contributed by atoms with E-state index in [4.69, 9.17) is 0 Å². The normalized spacial score (nSPS) is 13.1. The largest absolute Gasteiger partial charge is 0.451 e. The molecule has 0 aromatic carbocycles. The maximum atomic E-state index is 12.8. The molecule has 2 N–H and O–H groups in total. The van der Waals surface area contributed by atoms with Gasteiger partial charge in [0.2, 0.25) is 5.82 Å². The van der Waals surface area contributed by atoms with Crippen LogP contribution in [0.1, 0.15) is 45.9 Å². The number of alkyl halides is 3. The van der Waals surface area contributed by atoms with E-state index in [9.17, 15) is 13.2 Å². The minimum atomic E-state index is -4.55. The van der Waals surface area contributed by atoms with Crippen LogP contribution in [0, 0.1) is 0 Å². The third kappa shape index (κ3) is 4.86. The molecule has 1 rings (SSSR count). The molecule has 7 heteroatoms. The predicted octanol–water partition coefficient (Wildman–Crippen LogP) is 3.92. The highest BCUT2D eigenvalue weighted by atomic mass is 19.4. The topological polar surface area (TPSA) is 49.8 Å². The van der Waals surface area contributed by atoms with Gasteiger partial charge in [0, 0.05) is 18.7 Å². The van der Waals surface area contributed by atoms with Crippen LogP contribution in [0.25, 0.3) is 0 Å². The molecule has 0 bridgehead atoms. The van der Waals surface area contributed by atoms with Crippen LogP contribution in [0.4, 0.5) is 24.8 Å². The molecule has 0 spiro atoms. The predicted molar refractivity (Wildman–Crippen MR) is 73.8 cm³/mol. The van der Waals surface area contributed by atoms with Gasteiger partial charge in [-0.3, -0.25) is 0 Å². The molecule has 0 fully saturated rings. The van der Waals surface area contributed by atoms with Gasteiger partial charge in [0.05, 0.1) is 0 Å². The maximum Gasteiger partial charge on any atom is 0.451 e. The Labute approximate surface area is 117 Å². The first-order chi connectivity index (χ1) is 9.40. The van der Waals surface area contributed by atoms with E-state index in [1.165, 1.54) is 6.07 Å². The summed E-state index contributed by atoms with van der Waals surface area (Å²) in [5, 5.41) is 5.84. The first-order valence-electron chi connectivity index (χ1n) is 6.87. The average Bonchev–Trinajstić information content (AvgIpc) is 2.37. The van der Waals surface area contributed by atoms with E-state index in [1.807, 2.05) is 13.8 Å². The Morgan fingerprint density at radius 1 is 1.15 bits per heavy atom. The lowest BCUT2D eigenvalue weighted by atomic mass is 10.1. The summed E-state index contributed by atoms with van der Waals surface area (Å²) in [4.78, 5) is 7.06. The second-order valence-electron chi connectivity index (χ2n) is 4.53. The van der Waals surface area contributed by atoms with E-state index in [0.717, 1.165) is 19.3 Å². The van der Waals surface area contributed by atoms with Crippen LogP contribution in [-0.2, 0) is 6.18 Å². The maximum absolute atomic E-state index is 12.8. The van der Waals surface area contributed by atoms with Gasteiger partial charge >= 0.3 is 6.18 Å². The summed E-state index contributed by atoms with van der Waals surface area (Å²) in [5.74, 6) is -0.725. The quantitative estimate of drug-likeness (QED) is 0.799. The van der Waals surface area contributed by atoms with Gasteiger partial charge in [0.25, 0.3) is 0 Å². The molecule has 0 aliphatic heterocycles. The highest BCUT2D eigenvalue weighted by Gasteiger charge is 2.35. The first kappa shape index (κ1) is 16.5. The van der Waals surface area contributed by atoms with Crippen LogP contribution in [0.15, 0.2) is 6.07 Å². The summed E-state index contributed by atoms with van der Waals surface area (Å²) in [7, 11) is 0. The van der Waals surface area contributed by atoms with Crippen LogP contribution in [0.3, 0.4) is 0 Å². The molecule has 1 aromatic heterocycles. The fourth-order valence-corrected chi connectivity index (χ4v) is 1.86. The fourth-order valence-electron chi connectivity index (χ4n) is 1.86. The molecule has 1 unspecified atom stereocenters. The van der Waals surface area contributed by atoms with Gasteiger partial charge in [-0.05, 0) is 19.8 Å². The number of hydrogen-bond acceptors (Lipinski definition) is 4. The number of nitrogens with zero attached hydrogens (tertiary/aromatic N) is 2. The standard InChI is InChI=1S/C13H21F3N4/c1-4-7-9(5-2)18-11-8-10(17-6-3)19-12(20-11)13(14,15)16/h8-9H,4-7H2,1-3H3,(H2,17,18,19,20). The van der Waals surface area contributed by atoms with Crippen molar-refractivity contribution in [3.63, 3.8) is 0 Å². The van der Waals surface area contributed by atoms with Crippen molar-refractivity contribution in [3.05, 3.63) is 11.9 Å². The Bertz CT molecular complexity index is 421. The summed E-state index contributed by atoms with van der Waals surface area (Å²) in [5.41, 5.74) is 0. The highest BCUT2D eigenvalue weighted by molar-refractivity contribution is 5.48. The van der Waals surface area contributed by atoms with Gasteiger partial charge in [-0.1, -0.05) is 20.3 Å². The van der Waals surface area contributed by atoms with Gasteiger partial charge in [0.1, 0.15) is 11.6 Å². The third-order valence-electron chi connectivity index (χ3n) is 2.82. The Kier molecular flexibility index (Phi) is 6.04. The summed E-state index contributed by atoms with van der Waals surface area (Å²) in [6.45, 7) is 6.33. The number of halogens is 3. The Morgan fingerprint density at radius 3 is 2.30 bits per heavy atom. The zero-order valence-electron chi connectivity index (χ0n) is 12.0. The van der Waals surface area contributed by atoms with Crippen LogP contribution in [0.5, 0.6) is 0 Å². The van der Waals surface area contributed by atoms with Gasteiger partial charge in [-0.15, -0.1) is 0 Å². The van der Waals surface area contributed by atoms with E-state index in [2.05, 4.69) is 20.6 Å². The number of rotatable bonds is 7. The fraction of sp³-hybridized carbons (Fsp3) is 0.692. The molecule has 0 aliphatic carbocycles. The molecule has 0 radical (unpaired) electrons. The van der Waals surface area contributed by atoms with Crippen molar-refractivity contribution in [2.75, 3.05) is 17.2 Å². The summed E-state index contributed by atoms with van der Waals surface area (Å²) >= 11 is 0. The van der Waals surface area contributed by atoms with Crippen molar-refractivity contribution >= 4 is 11.6 Å².